The minimum absolute atomic E-state index is 0.0429. The summed E-state index contributed by atoms with van der Waals surface area (Å²) in [5, 5.41) is 13.1. The predicted octanol–water partition coefficient (Wildman–Crippen LogP) is 1.22. The quantitative estimate of drug-likeness (QED) is 0.254. The molecule has 1 fully saturated rings. The number of hydrogen-bond donors (Lipinski definition) is 3. The number of nitrogens with zero attached hydrogens (tertiary/aromatic N) is 3. The van der Waals surface area contributed by atoms with Gasteiger partial charge in [-0.05, 0) is 28.9 Å². The second-order valence-corrected chi connectivity index (χ2v) is 10.8. The summed E-state index contributed by atoms with van der Waals surface area (Å²) in [6, 6.07) is 1.27. The number of aliphatic hydroxyl groups excluding tert-OH is 1. The number of rotatable bonds is 6. The van der Waals surface area contributed by atoms with Crippen LogP contribution in [0.4, 0.5) is 10.2 Å². The molecule has 0 aromatic carbocycles. The molecule has 2 aromatic heterocycles. The molecule has 0 spiro atoms. The van der Waals surface area contributed by atoms with Crippen molar-refractivity contribution >= 4 is 35.5 Å². The summed E-state index contributed by atoms with van der Waals surface area (Å²) in [5.74, 6) is -0.343. The van der Waals surface area contributed by atoms with E-state index >= 15 is 4.39 Å². The molecule has 0 radical (unpaired) electrons. The van der Waals surface area contributed by atoms with Gasteiger partial charge in [0.25, 0.3) is 0 Å². The van der Waals surface area contributed by atoms with Gasteiger partial charge in [-0.2, -0.15) is 4.98 Å². The normalized spacial score (nSPS) is 29.9. The number of halogens is 2. The molecule has 2 aliphatic heterocycles. The highest BCUT2D eigenvalue weighted by Crippen LogP contribution is 2.52. The lowest BCUT2D eigenvalue weighted by Crippen LogP contribution is -2.40. The Balaban J connectivity index is 1.48. The van der Waals surface area contributed by atoms with Gasteiger partial charge in [-0.25, -0.2) is 18.8 Å². The zero-order valence-corrected chi connectivity index (χ0v) is 21.0. The monoisotopic (exact) mass is 577 g/mol. The minimum atomic E-state index is -3.98. The number of nitrogen functional groups attached to an aromatic ring is 1. The molecule has 0 amide bonds. The number of nitrogens with two attached hydrogens (primary N) is 1. The van der Waals surface area contributed by atoms with Gasteiger partial charge in [-0.3, -0.25) is 18.9 Å². The molecule has 5 atom stereocenters. The van der Waals surface area contributed by atoms with Crippen molar-refractivity contribution in [1.82, 2.24) is 19.6 Å². The number of alkyl halides is 2. The molecule has 3 unspecified atom stereocenters. The van der Waals surface area contributed by atoms with Crippen LogP contribution in [0.25, 0.3) is 0 Å². The Morgan fingerprint density at radius 3 is 2.97 bits per heavy atom. The number of aromatic nitrogens is 3. The van der Waals surface area contributed by atoms with E-state index in [0.29, 0.717) is 16.8 Å². The number of nitrogens with one attached hydrogen (secondary N) is 1. The molecule has 0 bridgehead atoms. The summed E-state index contributed by atoms with van der Waals surface area (Å²) in [5.41, 5.74) is 6.14. The minimum Gasteiger partial charge on any atom is -0.461 e. The second kappa shape index (κ2) is 9.56. The summed E-state index contributed by atoms with van der Waals surface area (Å²) in [6.45, 7) is 2.35. The van der Waals surface area contributed by atoms with E-state index in [1.165, 1.54) is 25.4 Å². The van der Waals surface area contributed by atoms with Crippen LogP contribution < -0.4 is 21.0 Å². The van der Waals surface area contributed by atoms with Gasteiger partial charge in [0.15, 0.2) is 12.0 Å². The molecule has 190 valence electrons. The van der Waals surface area contributed by atoms with Gasteiger partial charge in [0.1, 0.15) is 24.6 Å². The highest BCUT2D eigenvalue weighted by molar-refractivity contribution is 9.10. The van der Waals surface area contributed by atoms with Crippen LogP contribution in [-0.2, 0) is 36.5 Å². The Kier molecular flexibility index (Phi) is 7.01. The van der Waals surface area contributed by atoms with Gasteiger partial charge in [0, 0.05) is 37.0 Å². The van der Waals surface area contributed by atoms with E-state index in [-0.39, 0.29) is 24.7 Å². The Morgan fingerprint density at radius 2 is 2.29 bits per heavy atom. The van der Waals surface area contributed by atoms with Gasteiger partial charge < -0.3 is 24.8 Å². The van der Waals surface area contributed by atoms with Crippen LogP contribution in [0.3, 0.4) is 0 Å². The molecule has 13 nitrogen and oxygen atoms in total. The first kappa shape index (κ1) is 25.7. The molecule has 2 aromatic rings. The molecule has 16 heteroatoms. The van der Waals surface area contributed by atoms with Crippen LogP contribution in [-0.4, -0.2) is 49.0 Å². The number of pyridine rings is 1. The van der Waals surface area contributed by atoms with Crippen LogP contribution in [0.5, 0.6) is 5.75 Å². The van der Waals surface area contributed by atoms with Gasteiger partial charge in [-0.1, -0.05) is 0 Å². The molecule has 0 saturated carbocycles. The van der Waals surface area contributed by atoms with Crippen molar-refractivity contribution in [3.63, 3.8) is 0 Å². The zero-order chi connectivity index (χ0) is 25.5. The standard InChI is InChI=1S/C19H22BrFN5O8P/c1-9-15-12(11(5-23-9)7-31-10(2)27)6-24-35(30,34-15)32-8-13-16(28)19(20,21)17(33-13)26-4-3-14(22)25-18(26)29/h3-5,13,16-17,28H,6-8H2,1-2H3,(H,24,30)(H2,22,25,29)/t13-,16?,17-,19?,35?/m1/s1. The predicted molar refractivity (Wildman–Crippen MR) is 121 cm³/mol. The lowest BCUT2D eigenvalue weighted by atomic mass is 10.1. The van der Waals surface area contributed by atoms with Crippen LogP contribution >= 0.6 is 23.7 Å². The second-order valence-electron chi connectivity index (χ2n) is 7.86. The number of aliphatic hydroxyl groups is 1. The van der Waals surface area contributed by atoms with Crippen LogP contribution in [0, 0.1) is 6.92 Å². The van der Waals surface area contributed by atoms with Crippen molar-refractivity contribution in [2.75, 3.05) is 12.3 Å². The SMILES string of the molecule is CC(=O)OCc1cnc(C)c2c1CNP(=O)(OC[C@H]1O[C@@H](n3ccc(N)nc3=O)C(F)(Br)C1O)O2. The number of carbonyl (C=O) groups excluding carboxylic acids is 1. The van der Waals surface area contributed by atoms with Crippen molar-refractivity contribution in [2.45, 2.75) is 50.0 Å². The third kappa shape index (κ3) is 5.10. The third-order valence-corrected chi connectivity index (χ3v) is 7.71. The first-order valence-electron chi connectivity index (χ1n) is 10.3. The van der Waals surface area contributed by atoms with Crippen molar-refractivity contribution < 1.29 is 37.4 Å². The maximum absolute atomic E-state index is 15.3. The number of anilines is 1. The van der Waals surface area contributed by atoms with Crippen LogP contribution in [0.1, 0.15) is 30.0 Å². The summed E-state index contributed by atoms with van der Waals surface area (Å²) < 4.78 is 48.2. The Labute approximate surface area is 206 Å². The van der Waals surface area contributed by atoms with Gasteiger partial charge in [0.2, 0.25) is 4.58 Å². The number of carbonyl (C=O) groups is 1. The first-order valence-corrected chi connectivity index (χ1v) is 12.6. The first-order chi connectivity index (χ1) is 16.4. The Bertz CT molecular complexity index is 1260. The Morgan fingerprint density at radius 1 is 1.54 bits per heavy atom. The number of ether oxygens (including phenoxy) is 2. The number of fused-ring (bicyclic) bond motifs is 1. The van der Waals surface area contributed by atoms with E-state index in [9.17, 15) is 19.3 Å². The lowest BCUT2D eigenvalue weighted by molar-refractivity contribution is -0.142. The molecule has 0 aliphatic carbocycles. The maximum Gasteiger partial charge on any atom is 0.459 e. The van der Waals surface area contributed by atoms with E-state index in [0.717, 1.165) is 4.57 Å². The molecule has 4 rings (SSSR count). The van der Waals surface area contributed by atoms with E-state index < -0.39 is 49.0 Å². The molecule has 4 N–H and O–H groups in total. The number of aryl methyl sites for hydroxylation is 1. The fourth-order valence-electron chi connectivity index (χ4n) is 3.58. The van der Waals surface area contributed by atoms with E-state index in [1.807, 2.05) is 0 Å². The Hall–Kier alpha value is -2.42. The zero-order valence-electron chi connectivity index (χ0n) is 18.5. The van der Waals surface area contributed by atoms with Crippen LogP contribution in [0.15, 0.2) is 23.3 Å². The number of esters is 1. The van der Waals surface area contributed by atoms with Crippen molar-refractivity contribution in [1.29, 1.82) is 0 Å². The average Bonchev–Trinajstić information content (AvgIpc) is 3.01. The summed E-state index contributed by atoms with van der Waals surface area (Å²) in [4.78, 5) is 31.0. The van der Waals surface area contributed by atoms with Crippen molar-refractivity contribution in [2.24, 2.45) is 0 Å². The van der Waals surface area contributed by atoms with Gasteiger partial charge >= 0.3 is 19.4 Å². The molecule has 4 heterocycles. The van der Waals surface area contributed by atoms with E-state index in [1.54, 1.807) is 6.92 Å². The van der Waals surface area contributed by atoms with E-state index in [4.69, 9.17) is 24.3 Å². The third-order valence-electron chi connectivity index (χ3n) is 5.39. The van der Waals surface area contributed by atoms with Crippen molar-refractivity contribution in [3.8, 4) is 5.75 Å². The van der Waals surface area contributed by atoms with Crippen molar-refractivity contribution in [3.05, 3.63) is 45.8 Å². The maximum atomic E-state index is 15.3. The fraction of sp³-hybridized carbons (Fsp3) is 0.474. The molecular weight excluding hydrogens is 556 g/mol. The van der Waals surface area contributed by atoms with Gasteiger partial charge in [-0.15, -0.1) is 0 Å². The van der Waals surface area contributed by atoms with E-state index in [2.05, 4.69) is 31.0 Å². The molecule has 2 aliphatic rings. The molecular formula is C19H22BrFN5O8P. The molecule has 35 heavy (non-hydrogen) atoms. The summed E-state index contributed by atoms with van der Waals surface area (Å²) in [7, 11) is -3.98. The topological polar surface area (TPSA) is 177 Å². The summed E-state index contributed by atoms with van der Waals surface area (Å²) >= 11 is 2.77. The molecule has 1 saturated heterocycles. The van der Waals surface area contributed by atoms with Crippen LogP contribution in [0.2, 0.25) is 0 Å². The smallest absolute Gasteiger partial charge is 0.459 e. The largest absolute Gasteiger partial charge is 0.461 e. The average molecular weight is 578 g/mol. The summed E-state index contributed by atoms with van der Waals surface area (Å²) in [6.07, 6.45) is -2.05. The highest BCUT2D eigenvalue weighted by atomic mass is 79.9. The lowest BCUT2D eigenvalue weighted by Gasteiger charge is -2.29. The highest BCUT2D eigenvalue weighted by Gasteiger charge is 2.57. The number of hydrogen-bond acceptors (Lipinski definition) is 11. The fourth-order valence-corrected chi connectivity index (χ4v) is 5.59. The van der Waals surface area contributed by atoms with Gasteiger partial charge in [0.05, 0.1) is 12.3 Å².